The molecular weight excluding hydrogens is 150 g/mol. The van der Waals surface area contributed by atoms with Crippen molar-refractivity contribution in [1.29, 1.82) is 0 Å². The van der Waals surface area contributed by atoms with Crippen LogP contribution in [0.4, 0.5) is 0 Å². The highest BCUT2D eigenvalue weighted by atomic mass is 16.3. The molecule has 0 rings (SSSR count). The molecule has 2 nitrogen and oxygen atoms in total. The zero-order valence-electron chi connectivity index (χ0n) is 7.64. The van der Waals surface area contributed by atoms with Crippen LogP contribution >= 0.6 is 0 Å². The van der Waals surface area contributed by atoms with Crippen LogP contribution in [-0.4, -0.2) is 24.8 Å². The van der Waals surface area contributed by atoms with Gasteiger partial charge in [0.25, 0.3) is 0 Å². The average Bonchev–Trinajstić information content (AvgIpc) is 2.02. The molecule has 0 aromatic heterocycles. The molecule has 68 valence electrons. The Hall–Kier alpha value is -0.860. The van der Waals surface area contributed by atoms with Crippen LogP contribution in [0.15, 0.2) is 36.5 Å². The summed E-state index contributed by atoms with van der Waals surface area (Å²) in [6.07, 6.45) is 3.76. The molecule has 0 saturated carbocycles. The monoisotopic (exact) mass is 167 g/mol. The summed E-state index contributed by atoms with van der Waals surface area (Å²) in [7, 11) is 0. The quantitative estimate of drug-likeness (QED) is 0.461. The standard InChI is InChI=1S/C10H17NO/c1-4-10(7-9(2)3)8-11-5-6-12/h4,7,11-12H,1-2,5-6,8H2,3H3/b10-7+. The van der Waals surface area contributed by atoms with Crippen molar-refractivity contribution in [3.8, 4) is 0 Å². The zero-order chi connectivity index (χ0) is 9.40. The molecule has 0 aromatic carbocycles. The minimum Gasteiger partial charge on any atom is -0.395 e. The summed E-state index contributed by atoms with van der Waals surface area (Å²) in [5, 5.41) is 11.6. The molecule has 0 saturated heterocycles. The molecule has 0 amide bonds. The Bertz CT molecular complexity index is 182. The van der Waals surface area contributed by atoms with Crippen molar-refractivity contribution in [2.24, 2.45) is 0 Å². The van der Waals surface area contributed by atoms with Crippen molar-refractivity contribution in [3.63, 3.8) is 0 Å². The molecule has 0 heterocycles. The van der Waals surface area contributed by atoms with E-state index in [1.54, 1.807) is 6.08 Å². The highest BCUT2D eigenvalue weighted by Crippen LogP contribution is 1.99. The summed E-state index contributed by atoms with van der Waals surface area (Å²) in [6.45, 7) is 10.9. The summed E-state index contributed by atoms with van der Waals surface area (Å²) in [4.78, 5) is 0. The van der Waals surface area contributed by atoms with Crippen LogP contribution in [0.25, 0.3) is 0 Å². The van der Waals surface area contributed by atoms with Crippen molar-refractivity contribution >= 4 is 0 Å². The Morgan fingerprint density at radius 3 is 2.67 bits per heavy atom. The highest BCUT2D eigenvalue weighted by molar-refractivity contribution is 5.27. The van der Waals surface area contributed by atoms with E-state index in [0.29, 0.717) is 6.54 Å². The van der Waals surface area contributed by atoms with Gasteiger partial charge in [-0.1, -0.05) is 30.9 Å². The second-order valence-electron chi connectivity index (χ2n) is 2.67. The lowest BCUT2D eigenvalue weighted by Gasteiger charge is -2.03. The minimum absolute atomic E-state index is 0.164. The highest BCUT2D eigenvalue weighted by Gasteiger charge is 1.90. The van der Waals surface area contributed by atoms with Crippen molar-refractivity contribution in [2.45, 2.75) is 6.92 Å². The molecule has 0 aliphatic heterocycles. The third-order valence-corrected chi connectivity index (χ3v) is 1.31. The first-order valence-electron chi connectivity index (χ1n) is 4.00. The van der Waals surface area contributed by atoms with Crippen LogP contribution in [0.2, 0.25) is 0 Å². The molecule has 12 heavy (non-hydrogen) atoms. The number of aliphatic hydroxyl groups is 1. The molecule has 0 spiro atoms. The first kappa shape index (κ1) is 11.1. The van der Waals surface area contributed by atoms with Gasteiger partial charge in [-0.05, 0) is 12.5 Å². The first-order valence-corrected chi connectivity index (χ1v) is 4.00. The maximum absolute atomic E-state index is 8.51. The van der Waals surface area contributed by atoms with E-state index in [-0.39, 0.29) is 6.61 Å². The van der Waals surface area contributed by atoms with E-state index in [9.17, 15) is 0 Å². The van der Waals surface area contributed by atoms with Gasteiger partial charge >= 0.3 is 0 Å². The van der Waals surface area contributed by atoms with E-state index in [2.05, 4.69) is 18.5 Å². The molecule has 0 unspecified atom stereocenters. The third kappa shape index (κ3) is 5.89. The van der Waals surface area contributed by atoms with Crippen LogP contribution in [0, 0.1) is 0 Å². The van der Waals surface area contributed by atoms with Gasteiger partial charge in [0.15, 0.2) is 0 Å². The van der Waals surface area contributed by atoms with Crippen molar-refractivity contribution in [2.75, 3.05) is 19.7 Å². The number of rotatable bonds is 6. The first-order chi connectivity index (χ1) is 5.70. The molecule has 0 aromatic rings. The minimum atomic E-state index is 0.164. The smallest absolute Gasteiger partial charge is 0.0556 e. The lowest BCUT2D eigenvalue weighted by Crippen LogP contribution is -2.20. The molecule has 0 aliphatic carbocycles. The van der Waals surface area contributed by atoms with Gasteiger partial charge in [0.2, 0.25) is 0 Å². The molecular formula is C10H17NO. The Morgan fingerprint density at radius 2 is 2.25 bits per heavy atom. The van der Waals surface area contributed by atoms with Gasteiger partial charge in [0.1, 0.15) is 0 Å². The fraction of sp³-hybridized carbons (Fsp3) is 0.400. The van der Waals surface area contributed by atoms with Gasteiger partial charge < -0.3 is 10.4 Å². The van der Waals surface area contributed by atoms with Gasteiger partial charge in [0, 0.05) is 13.1 Å². The number of hydrogen-bond donors (Lipinski definition) is 2. The van der Waals surface area contributed by atoms with Gasteiger partial charge in [-0.15, -0.1) is 0 Å². The summed E-state index contributed by atoms with van der Waals surface area (Å²) < 4.78 is 0. The summed E-state index contributed by atoms with van der Waals surface area (Å²) in [6, 6.07) is 0. The number of nitrogens with one attached hydrogen (secondary N) is 1. The van der Waals surface area contributed by atoms with Crippen LogP contribution in [0.3, 0.4) is 0 Å². The molecule has 2 N–H and O–H groups in total. The summed E-state index contributed by atoms with van der Waals surface area (Å²) >= 11 is 0. The molecule has 0 fully saturated rings. The molecule has 0 bridgehead atoms. The maximum atomic E-state index is 8.51. The fourth-order valence-corrected chi connectivity index (χ4v) is 0.810. The Morgan fingerprint density at radius 1 is 1.58 bits per heavy atom. The number of hydrogen-bond acceptors (Lipinski definition) is 2. The number of allylic oxidation sites excluding steroid dienone is 2. The molecule has 0 radical (unpaired) electrons. The Balaban J connectivity index is 3.83. The maximum Gasteiger partial charge on any atom is 0.0556 e. The average molecular weight is 167 g/mol. The lowest BCUT2D eigenvalue weighted by molar-refractivity contribution is 0.294. The van der Waals surface area contributed by atoms with Gasteiger partial charge in [0.05, 0.1) is 6.61 Å². The van der Waals surface area contributed by atoms with E-state index >= 15 is 0 Å². The second-order valence-corrected chi connectivity index (χ2v) is 2.67. The number of aliphatic hydroxyl groups excluding tert-OH is 1. The van der Waals surface area contributed by atoms with E-state index in [4.69, 9.17) is 5.11 Å². The summed E-state index contributed by atoms with van der Waals surface area (Å²) in [5.74, 6) is 0. The predicted octanol–water partition coefficient (Wildman–Crippen LogP) is 1.26. The van der Waals surface area contributed by atoms with Gasteiger partial charge in [-0.25, -0.2) is 0 Å². The molecule has 0 aliphatic rings. The SMILES string of the molecule is C=C/C(=C\C(=C)C)CNCCO. The van der Waals surface area contributed by atoms with Crippen molar-refractivity contribution in [3.05, 3.63) is 36.5 Å². The van der Waals surface area contributed by atoms with Crippen molar-refractivity contribution < 1.29 is 5.11 Å². The van der Waals surface area contributed by atoms with Crippen LogP contribution in [0.5, 0.6) is 0 Å². The molecule has 0 atom stereocenters. The van der Waals surface area contributed by atoms with Crippen LogP contribution in [-0.2, 0) is 0 Å². The van der Waals surface area contributed by atoms with Gasteiger partial charge in [-0.2, -0.15) is 0 Å². The molecule has 2 heteroatoms. The largest absolute Gasteiger partial charge is 0.395 e. The lowest BCUT2D eigenvalue weighted by atomic mass is 10.2. The van der Waals surface area contributed by atoms with E-state index in [1.165, 1.54) is 0 Å². The van der Waals surface area contributed by atoms with Crippen LogP contribution < -0.4 is 5.32 Å². The summed E-state index contributed by atoms with van der Waals surface area (Å²) in [5.41, 5.74) is 2.10. The topological polar surface area (TPSA) is 32.3 Å². The van der Waals surface area contributed by atoms with E-state index in [0.717, 1.165) is 17.7 Å². The third-order valence-electron chi connectivity index (χ3n) is 1.31. The van der Waals surface area contributed by atoms with Gasteiger partial charge in [-0.3, -0.25) is 0 Å². The van der Waals surface area contributed by atoms with E-state index < -0.39 is 0 Å². The second kappa shape index (κ2) is 6.83. The van der Waals surface area contributed by atoms with Crippen LogP contribution in [0.1, 0.15) is 6.92 Å². The van der Waals surface area contributed by atoms with E-state index in [1.807, 2.05) is 13.0 Å². The zero-order valence-corrected chi connectivity index (χ0v) is 7.64. The van der Waals surface area contributed by atoms with Crippen molar-refractivity contribution in [1.82, 2.24) is 5.32 Å². The Labute approximate surface area is 74.3 Å². The Kier molecular flexibility index (Phi) is 6.34. The fourth-order valence-electron chi connectivity index (χ4n) is 0.810. The normalized spacial score (nSPS) is 11.3. The predicted molar refractivity (Wildman–Crippen MR) is 53.0 cm³/mol.